The summed E-state index contributed by atoms with van der Waals surface area (Å²) in [5, 5.41) is 0. The molecule has 1 aromatic carbocycles. The summed E-state index contributed by atoms with van der Waals surface area (Å²) in [5.41, 5.74) is 0.767. The van der Waals surface area contributed by atoms with E-state index >= 15 is 0 Å². The molecule has 0 spiro atoms. The molecule has 2 saturated heterocycles. The van der Waals surface area contributed by atoms with Crippen LogP contribution in [0.1, 0.15) is 6.42 Å². The van der Waals surface area contributed by atoms with Crippen LogP contribution < -0.4 is 14.4 Å². The highest BCUT2D eigenvalue weighted by Gasteiger charge is 2.37. The van der Waals surface area contributed by atoms with Gasteiger partial charge in [-0.1, -0.05) is 0 Å². The molecule has 3 aliphatic rings. The van der Waals surface area contributed by atoms with E-state index in [9.17, 15) is 9.59 Å². The van der Waals surface area contributed by atoms with E-state index in [1.807, 2.05) is 34.9 Å². The van der Waals surface area contributed by atoms with Gasteiger partial charge in [-0.2, -0.15) is 11.8 Å². The number of anilines is 1. The Morgan fingerprint density at radius 1 is 1.17 bits per heavy atom. The van der Waals surface area contributed by atoms with Gasteiger partial charge in [0.2, 0.25) is 18.6 Å². The van der Waals surface area contributed by atoms with Crippen molar-refractivity contribution < 1.29 is 19.1 Å². The number of nitrogens with zero attached hydrogens (tertiary/aromatic N) is 2. The van der Waals surface area contributed by atoms with Crippen LogP contribution in [0.2, 0.25) is 0 Å². The van der Waals surface area contributed by atoms with E-state index < -0.39 is 0 Å². The van der Waals surface area contributed by atoms with Crippen molar-refractivity contribution in [1.82, 2.24) is 4.90 Å². The fourth-order valence-corrected chi connectivity index (χ4v) is 4.12. The molecule has 122 valence electrons. The fourth-order valence-electron chi connectivity index (χ4n) is 3.22. The summed E-state index contributed by atoms with van der Waals surface area (Å²) in [5.74, 6) is 3.18. The van der Waals surface area contributed by atoms with Crippen LogP contribution in [0.4, 0.5) is 5.69 Å². The maximum Gasteiger partial charge on any atom is 0.231 e. The first-order valence-electron chi connectivity index (χ1n) is 7.79. The summed E-state index contributed by atoms with van der Waals surface area (Å²) in [6.45, 7) is 2.23. The first kappa shape index (κ1) is 14.7. The number of rotatable bonds is 2. The van der Waals surface area contributed by atoms with Gasteiger partial charge in [-0.25, -0.2) is 0 Å². The fraction of sp³-hybridized carbons (Fsp3) is 0.500. The Kier molecular flexibility index (Phi) is 3.80. The predicted octanol–water partition coefficient (Wildman–Crippen LogP) is 1.34. The maximum absolute atomic E-state index is 12.6. The van der Waals surface area contributed by atoms with Crippen molar-refractivity contribution in [2.75, 3.05) is 42.8 Å². The zero-order valence-electron chi connectivity index (χ0n) is 12.7. The Hall–Kier alpha value is -1.89. The maximum atomic E-state index is 12.6. The van der Waals surface area contributed by atoms with E-state index in [0.717, 1.165) is 30.3 Å². The molecule has 0 bridgehead atoms. The van der Waals surface area contributed by atoms with Crippen molar-refractivity contribution in [3.05, 3.63) is 18.2 Å². The lowest BCUT2D eigenvalue weighted by atomic mass is 10.1. The average Bonchev–Trinajstić information content (AvgIpc) is 3.20. The number of thioether (sulfide) groups is 1. The highest BCUT2D eigenvalue weighted by Crippen LogP contribution is 2.37. The molecule has 6 nitrogen and oxygen atoms in total. The summed E-state index contributed by atoms with van der Waals surface area (Å²) in [7, 11) is 0. The Bertz CT molecular complexity index is 645. The average molecular weight is 334 g/mol. The molecular weight excluding hydrogens is 316 g/mol. The van der Waals surface area contributed by atoms with E-state index in [4.69, 9.17) is 9.47 Å². The zero-order valence-corrected chi connectivity index (χ0v) is 13.5. The Morgan fingerprint density at radius 2 is 1.96 bits per heavy atom. The summed E-state index contributed by atoms with van der Waals surface area (Å²) in [4.78, 5) is 28.5. The van der Waals surface area contributed by atoms with Crippen LogP contribution in [0.15, 0.2) is 18.2 Å². The minimum Gasteiger partial charge on any atom is -0.454 e. The van der Waals surface area contributed by atoms with Crippen LogP contribution in [-0.4, -0.2) is 54.6 Å². The topological polar surface area (TPSA) is 59.1 Å². The summed E-state index contributed by atoms with van der Waals surface area (Å²) < 4.78 is 10.7. The van der Waals surface area contributed by atoms with Crippen LogP contribution >= 0.6 is 11.8 Å². The monoisotopic (exact) mass is 334 g/mol. The largest absolute Gasteiger partial charge is 0.454 e. The molecule has 0 aromatic heterocycles. The normalized spacial score (nSPS) is 23.5. The van der Waals surface area contributed by atoms with Crippen LogP contribution in [-0.2, 0) is 9.59 Å². The summed E-state index contributed by atoms with van der Waals surface area (Å²) in [6, 6.07) is 5.46. The molecule has 3 heterocycles. The van der Waals surface area contributed by atoms with Crippen LogP contribution in [0.5, 0.6) is 11.5 Å². The third-order valence-electron chi connectivity index (χ3n) is 4.46. The van der Waals surface area contributed by atoms with Crippen molar-refractivity contribution >= 4 is 29.3 Å². The van der Waals surface area contributed by atoms with Gasteiger partial charge in [0.15, 0.2) is 11.5 Å². The molecule has 1 atom stereocenters. The summed E-state index contributed by atoms with van der Waals surface area (Å²) in [6.07, 6.45) is 0.289. The first-order valence-corrected chi connectivity index (χ1v) is 8.94. The molecule has 3 aliphatic heterocycles. The van der Waals surface area contributed by atoms with E-state index in [1.54, 1.807) is 4.90 Å². The van der Waals surface area contributed by atoms with Crippen LogP contribution in [0, 0.1) is 5.92 Å². The SMILES string of the molecule is O=C([C@@H]1CC(=O)N(c2ccc3c(c2)OCO3)C1)N1CCSCC1. The predicted molar refractivity (Wildman–Crippen MR) is 86.9 cm³/mol. The van der Waals surface area contributed by atoms with Crippen molar-refractivity contribution in [1.29, 1.82) is 0 Å². The van der Waals surface area contributed by atoms with Gasteiger partial charge in [0.25, 0.3) is 0 Å². The molecule has 2 fully saturated rings. The standard InChI is InChI=1S/C16H18N2O4S/c19-15-7-11(16(20)17-3-5-23-6-4-17)9-18(15)12-1-2-13-14(8-12)22-10-21-13/h1-2,8,11H,3-7,9-10H2/t11-/m1/s1. The number of fused-ring (bicyclic) bond motifs is 1. The van der Waals surface area contributed by atoms with E-state index in [0.29, 0.717) is 18.0 Å². The van der Waals surface area contributed by atoms with Gasteiger partial charge in [0.05, 0.1) is 5.92 Å². The molecule has 0 unspecified atom stereocenters. The van der Waals surface area contributed by atoms with Crippen LogP contribution in [0.25, 0.3) is 0 Å². The Balaban J connectivity index is 1.48. The smallest absolute Gasteiger partial charge is 0.231 e. The third kappa shape index (κ3) is 2.73. The van der Waals surface area contributed by atoms with E-state index in [2.05, 4.69) is 0 Å². The number of carbonyl (C=O) groups excluding carboxylic acids is 2. The van der Waals surface area contributed by atoms with Gasteiger partial charge in [-0.05, 0) is 12.1 Å². The van der Waals surface area contributed by atoms with Gasteiger partial charge in [0, 0.05) is 49.3 Å². The minimum atomic E-state index is -0.240. The second-order valence-corrected chi connectivity index (χ2v) is 7.11. The highest BCUT2D eigenvalue weighted by molar-refractivity contribution is 7.99. The quantitative estimate of drug-likeness (QED) is 0.817. The van der Waals surface area contributed by atoms with Gasteiger partial charge in [0.1, 0.15) is 0 Å². The molecule has 2 amide bonds. The van der Waals surface area contributed by atoms with Crippen molar-refractivity contribution in [2.24, 2.45) is 5.92 Å². The number of ether oxygens (including phenoxy) is 2. The first-order chi connectivity index (χ1) is 11.2. The lowest BCUT2D eigenvalue weighted by Crippen LogP contribution is -2.42. The Labute approximate surface area is 138 Å². The van der Waals surface area contributed by atoms with Crippen molar-refractivity contribution in [2.45, 2.75) is 6.42 Å². The molecule has 0 aliphatic carbocycles. The van der Waals surface area contributed by atoms with Gasteiger partial charge < -0.3 is 19.3 Å². The molecular formula is C16H18N2O4S. The number of carbonyl (C=O) groups is 2. The second-order valence-electron chi connectivity index (χ2n) is 5.88. The lowest BCUT2D eigenvalue weighted by molar-refractivity contribution is -0.135. The number of hydrogen-bond donors (Lipinski definition) is 0. The van der Waals surface area contributed by atoms with Gasteiger partial charge >= 0.3 is 0 Å². The molecule has 7 heteroatoms. The number of hydrogen-bond acceptors (Lipinski definition) is 5. The molecule has 0 radical (unpaired) electrons. The Morgan fingerprint density at radius 3 is 2.78 bits per heavy atom. The van der Waals surface area contributed by atoms with E-state index in [-0.39, 0.29) is 30.9 Å². The lowest BCUT2D eigenvalue weighted by Gasteiger charge is -2.28. The van der Waals surface area contributed by atoms with Gasteiger partial charge in [-0.3, -0.25) is 9.59 Å². The van der Waals surface area contributed by atoms with Crippen molar-refractivity contribution in [3.63, 3.8) is 0 Å². The molecule has 4 rings (SSSR count). The third-order valence-corrected chi connectivity index (χ3v) is 5.41. The van der Waals surface area contributed by atoms with Crippen LogP contribution in [0.3, 0.4) is 0 Å². The second kappa shape index (κ2) is 5.96. The number of benzene rings is 1. The highest BCUT2D eigenvalue weighted by atomic mass is 32.2. The van der Waals surface area contributed by atoms with Gasteiger partial charge in [-0.15, -0.1) is 0 Å². The number of amides is 2. The molecule has 0 N–H and O–H groups in total. The molecule has 1 aromatic rings. The minimum absolute atomic E-state index is 0.00593. The molecule has 23 heavy (non-hydrogen) atoms. The zero-order chi connectivity index (χ0) is 15.8. The summed E-state index contributed by atoms with van der Waals surface area (Å²) >= 11 is 1.87. The molecule has 0 saturated carbocycles. The van der Waals surface area contributed by atoms with Crippen molar-refractivity contribution in [3.8, 4) is 11.5 Å². The van der Waals surface area contributed by atoms with E-state index in [1.165, 1.54) is 0 Å².